The smallest absolute Gasteiger partial charge is 0.245 e. The van der Waals surface area contributed by atoms with Crippen LogP contribution in [0.1, 0.15) is 125 Å². The summed E-state index contributed by atoms with van der Waals surface area (Å²) < 4.78 is 0. The molecule has 1 aliphatic heterocycles. The number of benzene rings is 1. The normalized spacial score (nSPS) is 22.5. The van der Waals surface area contributed by atoms with Crippen LogP contribution < -0.4 is 86.7 Å². The number of unbranched alkanes of at least 4 members (excludes halogenated alkanes) is 1. The molecule has 2 rings (SSSR count). The van der Waals surface area contributed by atoms with E-state index >= 15 is 0 Å². The molecule has 0 saturated carbocycles. The van der Waals surface area contributed by atoms with Crippen molar-refractivity contribution in [2.75, 3.05) is 45.8 Å². The Morgan fingerprint density at radius 1 is 0.570 bits per heavy atom. The third-order valence-electron chi connectivity index (χ3n) is 14.0. The maximum absolute atomic E-state index is 14.6. The van der Waals surface area contributed by atoms with E-state index < -0.39 is 151 Å². The number of aliphatic hydroxyl groups is 2. The minimum atomic E-state index is -1.70. The van der Waals surface area contributed by atoms with Crippen LogP contribution in [0.3, 0.4) is 0 Å². The lowest BCUT2D eigenvalue weighted by Gasteiger charge is -2.29. The lowest BCUT2D eigenvalue weighted by molar-refractivity contribution is -0.137. The zero-order chi connectivity index (χ0) is 64.5. The Morgan fingerprint density at radius 3 is 1.63 bits per heavy atom. The molecule has 0 spiro atoms. The first-order chi connectivity index (χ1) is 40.8. The number of carbonyl (C=O) groups excluding carboxylic acids is 11. The quantitative estimate of drug-likeness (QED) is 0.0321. The second-order valence-corrected chi connectivity index (χ2v) is 22.5. The highest BCUT2D eigenvalue weighted by Crippen LogP contribution is 2.12. The Morgan fingerprint density at radius 2 is 1.09 bits per heavy atom. The molecule has 29 nitrogen and oxygen atoms in total. The van der Waals surface area contributed by atoms with Gasteiger partial charge in [-0.25, -0.2) is 0 Å². The molecule has 1 heterocycles. The molecule has 0 bridgehead atoms. The average molecular weight is 1220 g/mol. The summed E-state index contributed by atoms with van der Waals surface area (Å²) >= 11 is 0. The van der Waals surface area contributed by atoms with Crippen molar-refractivity contribution in [3.05, 3.63) is 35.9 Å². The van der Waals surface area contributed by atoms with E-state index in [0.717, 1.165) is 12.8 Å². The second kappa shape index (κ2) is 40.5. The number of hydrogen-bond donors (Lipinski definition) is 18. The van der Waals surface area contributed by atoms with Crippen LogP contribution in [0.25, 0.3) is 0 Å². The summed E-state index contributed by atoms with van der Waals surface area (Å²) in [7, 11) is 0. The van der Waals surface area contributed by atoms with Crippen molar-refractivity contribution in [1.29, 1.82) is 0 Å². The van der Waals surface area contributed by atoms with E-state index in [0.29, 0.717) is 24.4 Å². The van der Waals surface area contributed by atoms with Crippen LogP contribution in [0.15, 0.2) is 30.3 Å². The topological polar surface area (TPSA) is 477 Å². The third-order valence-corrected chi connectivity index (χ3v) is 14.0. The number of hydrogen-bond acceptors (Lipinski definition) is 18. The zero-order valence-electron chi connectivity index (χ0n) is 51.1. The highest BCUT2D eigenvalue weighted by molar-refractivity contribution is 5.99. The van der Waals surface area contributed by atoms with Gasteiger partial charge in [0.25, 0.3) is 0 Å². The summed E-state index contributed by atoms with van der Waals surface area (Å²) in [5.41, 5.74) is 24.2. The van der Waals surface area contributed by atoms with Gasteiger partial charge in [0.2, 0.25) is 65.0 Å². The number of carbonyl (C=O) groups is 11. The highest BCUT2D eigenvalue weighted by atomic mass is 16.3. The highest BCUT2D eigenvalue weighted by Gasteiger charge is 2.37. The Kier molecular flexibility index (Phi) is 35.4. The van der Waals surface area contributed by atoms with Gasteiger partial charge >= 0.3 is 0 Å². The van der Waals surface area contributed by atoms with Gasteiger partial charge < -0.3 is 96.9 Å². The van der Waals surface area contributed by atoms with Crippen LogP contribution in [0.5, 0.6) is 0 Å². The summed E-state index contributed by atoms with van der Waals surface area (Å²) in [6.07, 6.45) is -1.87. The fourth-order valence-electron chi connectivity index (χ4n) is 9.23. The minimum absolute atomic E-state index is 0.0159. The molecule has 486 valence electrons. The van der Waals surface area contributed by atoms with Gasteiger partial charge in [0.1, 0.15) is 60.4 Å². The van der Waals surface area contributed by atoms with E-state index in [-0.39, 0.29) is 90.0 Å². The van der Waals surface area contributed by atoms with Gasteiger partial charge in [0, 0.05) is 19.4 Å². The van der Waals surface area contributed by atoms with E-state index in [4.69, 9.17) is 22.9 Å². The van der Waals surface area contributed by atoms with Crippen molar-refractivity contribution >= 4 is 65.0 Å². The molecule has 0 aromatic heterocycles. The Labute approximate surface area is 504 Å². The molecule has 86 heavy (non-hydrogen) atoms. The number of nitrogens with one attached hydrogen (secondary N) is 12. The lowest BCUT2D eigenvalue weighted by Crippen LogP contribution is -2.62. The number of aliphatic hydroxyl groups excluding tert-OH is 2. The number of amides is 11. The SMILES string of the molecule is CCNCC[C@@H]1NC(=O)[C@H](CCN)NC(=O)[C@H](CC(C)C)NC(=O)[C@@H](Cc2ccccc2)NC(=O)[C@H](CCN)NC(=O)[C@@H](NC(=O)[C@H](CCN)NC(=O)[C@@H](NC(=O)[C@H](CCN)NC(=O)CCCCC(C)C)[C@@H](C)O)CCNC(=O)[C@H]([C@@H](C)O)NC1=O. The van der Waals surface area contributed by atoms with Gasteiger partial charge in [-0.05, 0) is 122 Å². The third kappa shape index (κ3) is 27.6. The van der Waals surface area contributed by atoms with E-state index in [9.17, 15) is 63.0 Å². The van der Waals surface area contributed by atoms with Crippen molar-refractivity contribution in [3.63, 3.8) is 0 Å². The van der Waals surface area contributed by atoms with E-state index in [2.05, 4.69) is 77.6 Å². The van der Waals surface area contributed by atoms with Gasteiger partial charge in [-0.3, -0.25) is 52.7 Å². The van der Waals surface area contributed by atoms with Gasteiger partial charge in [-0.1, -0.05) is 77.8 Å². The maximum Gasteiger partial charge on any atom is 0.245 e. The van der Waals surface area contributed by atoms with Gasteiger partial charge in [-0.15, -0.1) is 0 Å². The van der Waals surface area contributed by atoms with E-state index in [1.165, 1.54) is 13.8 Å². The molecule has 29 heteroatoms. The molecule has 11 amide bonds. The molecule has 0 unspecified atom stereocenters. The maximum atomic E-state index is 14.6. The van der Waals surface area contributed by atoms with Crippen molar-refractivity contribution in [3.8, 4) is 0 Å². The predicted octanol–water partition coefficient (Wildman–Crippen LogP) is -4.98. The van der Waals surface area contributed by atoms with Crippen molar-refractivity contribution in [2.45, 2.75) is 198 Å². The van der Waals surface area contributed by atoms with Crippen molar-refractivity contribution in [2.24, 2.45) is 34.8 Å². The predicted molar refractivity (Wildman–Crippen MR) is 321 cm³/mol. The number of rotatable bonds is 30. The summed E-state index contributed by atoms with van der Waals surface area (Å²) in [5, 5.41) is 53.1. The molecule has 22 N–H and O–H groups in total. The monoisotopic (exact) mass is 1220 g/mol. The molecule has 12 atom stereocenters. The van der Waals surface area contributed by atoms with Gasteiger partial charge in [0.05, 0.1) is 12.2 Å². The summed E-state index contributed by atoms with van der Waals surface area (Å²) in [6, 6.07) is -6.06. The van der Waals surface area contributed by atoms with Crippen LogP contribution in [-0.2, 0) is 59.2 Å². The molecule has 1 aromatic rings. The molecular weight excluding hydrogens is 1120 g/mol. The average Bonchev–Trinajstić information content (AvgIpc) is 3.63. The number of nitrogens with two attached hydrogens (primary N) is 4. The molecular formula is C57H100N16O13. The molecule has 1 saturated heterocycles. The molecule has 0 radical (unpaired) electrons. The van der Waals surface area contributed by atoms with Crippen LogP contribution in [-0.4, -0.2) is 194 Å². The molecule has 1 fully saturated rings. The first-order valence-corrected chi connectivity index (χ1v) is 30.0. The summed E-state index contributed by atoms with van der Waals surface area (Å²) in [6.45, 7) is 11.7. The van der Waals surface area contributed by atoms with Crippen LogP contribution in [0.2, 0.25) is 0 Å². The first kappa shape index (κ1) is 75.2. The minimum Gasteiger partial charge on any atom is -0.391 e. The van der Waals surface area contributed by atoms with E-state index in [1.54, 1.807) is 44.2 Å². The van der Waals surface area contributed by atoms with Crippen molar-refractivity contribution < 1.29 is 63.0 Å². The standard InChI is InChI=1S/C57H100N16O13/c1-8-62-28-22-41-53(82)72-46(34(6)74)56(85)63-29-23-42(68-49(78)40(21-27-61)69-57(86)47(35(7)75)73-52(81)37(18-24-58)64-45(76)17-13-12-14-32(2)3)51(80)65-39(20-26-60)50(79)71-44(31-36-15-10-9-11-16-36)55(84)70-43(30-33(4)5)54(83)66-38(19-25-59)48(77)67-41/h9-11,15-16,32-35,37-44,46-47,62,74-75H,8,12-14,17-31,58-61H2,1-7H3,(H,63,85)(H,64,76)(H,65,80)(H,66,83)(H,67,77)(H,68,78)(H,69,86)(H,70,84)(H,71,79)(H,72,82)(H,73,81)/t34-,35-,37+,38+,39+,40+,41+,42+,43+,44-,46+,47+/m1/s1. The van der Waals surface area contributed by atoms with E-state index in [1.807, 2.05) is 6.92 Å². The Balaban J connectivity index is 2.71. The first-order valence-electron chi connectivity index (χ1n) is 30.0. The van der Waals surface area contributed by atoms with Gasteiger partial charge in [-0.2, -0.15) is 0 Å². The fourth-order valence-corrected chi connectivity index (χ4v) is 9.23. The molecule has 0 aliphatic carbocycles. The molecule has 1 aliphatic rings. The second-order valence-electron chi connectivity index (χ2n) is 22.5. The summed E-state index contributed by atoms with van der Waals surface area (Å²) in [5.74, 6) is -9.33. The fraction of sp³-hybridized carbons (Fsp3) is 0.702. The van der Waals surface area contributed by atoms with Crippen LogP contribution in [0.4, 0.5) is 0 Å². The zero-order valence-corrected chi connectivity index (χ0v) is 51.1. The van der Waals surface area contributed by atoms with Crippen LogP contribution in [0, 0.1) is 11.8 Å². The Bertz CT molecular complexity index is 2330. The van der Waals surface area contributed by atoms with Gasteiger partial charge in [0.15, 0.2) is 0 Å². The largest absolute Gasteiger partial charge is 0.391 e. The molecule has 1 aromatic carbocycles. The van der Waals surface area contributed by atoms with Crippen LogP contribution >= 0.6 is 0 Å². The lowest BCUT2D eigenvalue weighted by atomic mass is 10.00. The summed E-state index contributed by atoms with van der Waals surface area (Å²) in [4.78, 5) is 154. The Hall–Kier alpha value is -6.89. The van der Waals surface area contributed by atoms with Crippen molar-refractivity contribution in [1.82, 2.24) is 63.8 Å².